The van der Waals surface area contributed by atoms with E-state index in [-0.39, 0.29) is 75.0 Å². The number of unbranched alkanes of at least 4 members (excludes halogenated alkanes) is 5. The molecule has 3 aliphatic rings. The molecule has 1 saturated heterocycles. The van der Waals surface area contributed by atoms with Crippen molar-refractivity contribution < 1.29 is 102 Å². The van der Waals surface area contributed by atoms with Crippen molar-refractivity contribution in [3.8, 4) is 11.8 Å². The van der Waals surface area contributed by atoms with Gasteiger partial charge in [0.1, 0.15) is 30.6 Å². The lowest BCUT2D eigenvalue weighted by Crippen LogP contribution is -2.29. The van der Waals surface area contributed by atoms with Crippen molar-refractivity contribution in [1.29, 1.82) is 0 Å². The highest BCUT2D eigenvalue weighted by atomic mass is 33.1. The average Bonchev–Trinajstić information content (AvgIpc) is 1.60. The van der Waals surface area contributed by atoms with Crippen molar-refractivity contribution in [3.63, 3.8) is 0 Å². The molecule has 1 fully saturated rings. The van der Waals surface area contributed by atoms with Gasteiger partial charge in [0.05, 0.1) is 68.0 Å². The molecule has 30 nitrogen and oxygen atoms in total. The topological polar surface area (TPSA) is 408 Å². The molecular weight excluding hydrogens is 1580 g/mol. The fourth-order valence-electron chi connectivity index (χ4n) is 12.2. The number of rotatable bonds is 43. The number of nitrogens with zero attached hydrogens (tertiary/aromatic N) is 4. The molecule has 6 atom stereocenters. The van der Waals surface area contributed by atoms with Gasteiger partial charge in [0, 0.05) is 110 Å². The van der Waals surface area contributed by atoms with Gasteiger partial charge in [-0.05, 0) is 102 Å². The molecule has 7 rings (SSSR count). The number of hydrogen-bond donors (Lipinski definition) is 8. The van der Waals surface area contributed by atoms with Crippen LogP contribution in [0.15, 0.2) is 89.5 Å². The number of para-hydroxylation sites is 1. The van der Waals surface area contributed by atoms with Crippen LogP contribution in [0.3, 0.4) is 0 Å². The highest BCUT2D eigenvalue weighted by Crippen LogP contribution is 2.66. The molecule has 2 aromatic heterocycles. The van der Waals surface area contributed by atoms with Gasteiger partial charge in [-0.3, -0.25) is 23.9 Å². The highest BCUT2D eigenvalue weighted by molar-refractivity contribution is 8.77. The molecule has 0 radical (unpaired) electrons. The number of phosphoric acid groups is 3. The van der Waals surface area contributed by atoms with Crippen LogP contribution in [-0.2, 0) is 108 Å². The lowest BCUT2D eigenvalue weighted by molar-refractivity contribution is -0.438. The molecule has 9 N–H and O–H groups in total. The summed E-state index contributed by atoms with van der Waals surface area (Å²) in [5, 5.41) is 5.64. The van der Waals surface area contributed by atoms with Crippen LogP contribution in [0.1, 0.15) is 168 Å². The van der Waals surface area contributed by atoms with Gasteiger partial charge in [0.25, 0.3) is 5.56 Å². The first-order chi connectivity index (χ1) is 52.0. The number of anilines is 2. The number of hydrogen-bond acceptors (Lipinski definition) is 24. The Labute approximate surface area is 663 Å². The fourth-order valence-corrected chi connectivity index (χ4v) is 17.7. The van der Waals surface area contributed by atoms with E-state index in [1.54, 1.807) is 34.8 Å². The standard InChI is InChI=1S/C43H60N4O5.C29H47N4O15P3S4.O2S/c1-8-46-36-19-16-15-18-34(36)42(4,5)38(46)20-12-10-13-21-39-43(6,7)35-32-33(3)23-24-37(35)47(39)27-17-11-14-22-40(48)44-25-28-50-30-31-51-29-26-45-41(49)52-9-2;1-29(2,3)54-53-18-43-14-10-6-5-7-12-21(34)13-9-8-11-20-16-33(26-25(20)27(35)32-28(30)31-26)24-15-22(44-19-55(4)52)23(46-24)17-45-50(39,40)48-51(41,42)47-49(36,37)38;1-3-2/h10,12-13,15-16,18-21,23-24,32H,8-9,11,14,17,22,25-31H2,1-7H3,(H-,44,45,48,49);16,22-24H,5-7,9-10,12-15,17-19H2,1-4H3,(H,39,40)(H,41,42)(H2,36,37,38)(H3,30,31,32,35);/p+1/t;22-,23+,24+,55?;/m.0./s1. The first-order valence-electron chi connectivity index (χ1n) is 36.1. The second-order valence-electron chi connectivity index (χ2n) is 27.6. The summed E-state index contributed by atoms with van der Waals surface area (Å²) in [7, 11) is -13.9. The number of H-pyrrole nitrogens is 1. The third kappa shape index (κ3) is 32.5. The maximum absolute atomic E-state index is 13.0. The van der Waals surface area contributed by atoms with E-state index in [1.807, 2.05) is 0 Å². The Kier molecular flexibility index (Phi) is 40.5. The number of nitrogens with one attached hydrogen (secondary N) is 3. The number of nitrogen functional groups attached to an aromatic ring is 1. The van der Waals surface area contributed by atoms with E-state index in [2.05, 4.69) is 186 Å². The van der Waals surface area contributed by atoms with E-state index >= 15 is 0 Å². The van der Waals surface area contributed by atoms with E-state index in [0.717, 1.165) is 58.0 Å². The highest BCUT2D eigenvalue weighted by Gasteiger charge is 2.46. The van der Waals surface area contributed by atoms with Crippen LogP contribution in [0, 0.1) is 18.8 Å². The summed E-state index contributed by atoms with van der Waals surface area (Å²) in [6.07, 6.45) is 18.9. The van der Waals surface area contributed by atoms with E-state index in [1.165, 1.54) is 50.2 Å². The number of ether oxygens (including phenoxy) is 6. The van der Waals surface area contributed by atoms with Gasteiger partial charge >= 0.3 is 41.1 Å². The molecule has 3 unspecified atom stereocenters. The fraction of sp³-hybridized carbons (Fsp3) is 0.583. The predicted octanol–water partition coefficient (Wildman–Crippen LogP) is 11.8. The molecule has 3 aliphatic heterocycles. The number of likely N-dealkylation sites (N-methyl/N-ethyl adjacent to an activating group) is 1. The van der Waals surface area contributed by atoms with Crippen molar-refractivity contribution in [2.75, 3.05) is 101 Å². The number of benzene rings is 2. The summed E-state index contributed by atoms with van der Waals surface area (Å²) < 4.78 is 101. The van der Waals surface area contributed by atoms with Gasteiger partial charge in [-0.25, -0.2) is 18.5 Å². The summed E-state index contributed by atoms with van der Waals surface area (Å²) in [5.74, 6) is 6.55. The van der Waals surface area contributed by atoms with Crippen LogP contribution in [0.5, 0.6) is 0 Å². The summed E-state index contributed by atoms with van der Waals surface area (Å²) >= 11 is 4.45. The molecular formula is C72H108N8O22P3S5+. The zero-order valence-electron chi connectivity index (χ0n) is 64.3. The predicted molar refractivity (Wildman–Crippen MR) is 433 cm³/mol. The number of aromatic nitrogens is 3. The van der Waals surface area contributed by atoms with E-state index < -0.39 is 81.2 Å². The van der Waals surface area contributed by atoms with Crippen molar-refractivity contribution in [2.24, 2.45) is 0 Å². The van der Waals surface area contributed by atoms with Gasteiger partial charge in [0.15, 0.2) is 11.4 Å². The number of phosphoric ester groups is 1. The number of Topliss-reactive ketones (excluding diaryl/α,β-unsaturated/α-hetero) is 1. The second kappa shape index (κ2) is 46.8. The van der Waals surface area contributed by atoms with Crippen LogP contribution in [-0.4, -0.2) is 178 Å². The number of nitrogens with two attached hydrogens (primary N) is 1. The Balaban J connectivity index is 0.000000381. The first kappa shape index (κ1) is 95.2. The SMILES string of the molecule is CCOC(=O)NCCOCCOCCNC(=O)CCCCC[N+]1=C(/C=C/C=C/C=C2\N(CC)c3ccccc3C2(C)C)C(C)(C)c2cc(C)ccc21.CS(=S)CO[C@H]1C[C@H](n2cc(C#CCCC(=O)CCCCCCOCSSC(C)(C)C)c3c(=O)[nH]c(N)nc32)O[C@@H]1COP(=O)(O)OP(=O)(O)OP(=O)(O)O.O=S=O. The Bertz CT molecular complexity index is 4180. The van der Waals surface area contributed by atoms with E-state index in [9.17, 15) is 42.7 Å². The van der Waals surface area contributed by atoms with Crippen molar-refractivity contribution in [2.45, 2.75) is 180 Å². The Morgan fingerprint density at radius 1 is 0.864 bits per heavy atom. The minimum absolute atomic E-state index is 0.0437. The number of alkyl carbamates (subject to hydrolysis) is 1. The molecule has 0 spiro atoms. The maximum Gasteiger partial charge on any atom is 0.490 e. The summed E-state index contributed by atoms with van der Waals surface area (Å²) in [4.78, 5) is 95.2. The number of allylic oxidation sites excluding steroid dienone is 6. The lowest BCUT2D eigenvalue weighted by atomic mass is 9.81. The number of ketones is 1. The molecule has 110 heavy (non-hydrogen) atoms. The van der Waals surface area contributed by atoms with Gasteiger partial charge in [-0.2, -0.15) is 26.6 Å². The van der Waals surface area contributed by atoms with Gasteiger partial charge in [0.2, 0.25) is 17.5 Å². The normalized spacial score (nSPS) is 18.2. The minimum atomic E-state index is -5.75. The summed E-state index contributed by atoms with van der Waals surface area (Å²) in [6.45, 7) is 26.5. The molecule has 38 heteroatoms. The maximum atomic E-state index is 13.0. The summed E-state index contributed by atoms with van der Waals surface area (Å²) in [6, 6.07) is 15.5. The van der Waals surface area contributed by atoms with E-state index in [4.69, 9.17) is 68.1 Å². The third-order valence-corrected chi connectivity index (χ3v) is 24.6. The van der Waals surface area contributed by atoms with Crippen LogP contribution in [0.2, 0.25) is 0 Å². The first-order valence-corrected chi connectivity index (χ1v) is 46.3. The number of carbonyl (C=O) groups is 3. The zero-order chi connectivity index (χ0) is 81.3. The van der Waals surface area contributed by atoms with E-state index in [0.29, 0.717) is 71.5 Å². The van der Waals surface area contributed by atoms with Crippen molar-refractivity contribution in [1.82, 2.24) is 25.2 Å². The Morgan fingerprint density at radius 3 is 2.23 bits per heavy atom. The lowest BCUT2D eigenvalue weighted by Gasteiger charge is -2.25. The quantitative estimate of drug-likeness (QED) is 0.00388. The van der Waals surface area contributed by atoms with Crippen molar-refractivity contribution >= 4 is 129 Å². The molecule has 612 valence electrons. The Morgan fingerprint density at radius 2 is 1.55 bits per heavy atom. The molecule has 2 amide bonds. The molecule has 0 bridgehead atoms. The number of aryl methyl sites for hydroxylation is 1. The Hall–Kier alpha value is -5.38. The van der Waals surface area contributed by atoms with Crippen LogP contribution < -0.4 is 26.8 Å². The monoisotopic (exact) mass is 1690 g/mol. The smallest absolute Gasteiger partial charge is 0.450 e. The van der Waals surface area contributed by atoms with Gasteiger partial charge in [-0.15, -0.1) is 0 Å². The molecule has 4 aromatic rings. The van der Waals surface area contributed by atoms with Crippen molar-refractivity contribution in [3.05, 3.63) is 117 Å². The molecule has 0 saturated carbocycles. The van der Waals surface area contributed by atoms with Gasteiger partial charge < -0.3 is 73.8 Å². The average molecular weight is 1690 g/mol. The van der Waals surface area contributed by atoms with Gasteiger partial charge in [-0.1, -0.05) is 138 Å². The minimum Gasteiger partial charge on any atom is -0.450 e. The summed E-state index contributed by atoms with van der Waals surface area (Å²) in [5.41, 5.74) is 14.7. The second-order valence-corrected chi connectivity index (χ2v) is 38.3. The van der Waals surface area contributed by atoms with Crippen LogP contribution in [0.25, 0.3) is 11.0 Å². The molecule has 5 heterocycles. The third-order valence-electron chi connectivity index (χ3n) is 17.1. The van der Waals surface area contributed by atoms with Crippen LogP contribution >= 0.6 is 45.1 Å². The molecule has 0 aliphatic carbocycles. The number of amides is 2. The van der Waals surface area contributed by atoms with Crippen LogP contribution in [0.4, 0.5) is 22.1 Å². The number of carbonyl (C=O) groups excluding carboxylic acids is 3. The number of fused-ring (bicyclic) bond motifs is 3. The zero-order valence-corrected chi connectivity index (χ0v) is 71.1. The molecule has 2 aromatic carbocycles. The number of aromatic amines is 1. The largest absolute Gasteiger partial charge is 0.490 e.